The number of hydrogen-bond donors (Lipinski definition) is 2. The summed E-state index contributed by atoms with van der Waals surface area (Å²) in [6.45, 7) is 0.961. The molecule has 188 valence electrons. The van der Waals surface area contributed by atoms with Gasteiger partial charge in [0, 0.05) is 22.9 Å². The zero-order valence-electron chi connectivity index (χ0n) is 20.7. The lowest BCUT2D eigenvalue weighted by Gasteiger charge is -2.35. The Morgan fingerprint density at radius 1 is 0.838 bits per heavy atom. The smallest absolute Gasteiger partial charge is 0.323 e. The molecule has 0 saturated carbocycles. The summed E-state index contributed by atoms with van der Waals surface area (Å²) in [5.41, 5.74) is 5.13. The van der Waals surface area contributed by atoms with Gasteiger partial charge in [-0.1, -0.05) is 29.8 Å². The fraction of sp³-hybridized carbons (Fsp3) is 0.167. The minimum absolute atomic E-state index is 0.185. The molecule has 1 aliphatic heterocycles. The number of anilines is 2. The number of nitrogens with zero attached hydrogens (tertiary/aromatic N) is 1. The standard InChI is InChI=1S/C30H28ClN3O3/c1-34-18-17-21-19-27(15-16-28(21)29(34)20-3-5-22(31)6-4-20)37-26-13-9-24(10-14-26)33-30(35)32-23-7-11-25(36-2)12-8-23/h3-16,19,29H,17-18H2,1-2H3,(H2,32,33,35). The Hall–Kier alpha value is -4.00. The monoisotopic (exact) mass is 513 g/mol. The third kappa shape index (κ3) is 5.88. The Bertz CT molecular complexity index is 1370. The van der Waals surface area contributed by atoms with Gasteiger partial charge in [0.1, 0.15) is 17.2 Å². The number of fused-ring (bicyclic) bond motifs is 1. The SMILES string of the molecule is COc1ccc(NC(=O)Nc2ccc(Oc3ccc4c(c3)CCN(C)C4c3ccc(Cl)cc3)cc2)cc1. The van der Waals surface area contributed by atoms with Crippen LogP contribution in [0.2, 0.25) is 5.02 Å². The fourth-order valence-corrected chi connectivity index (χ4v) is 4.71. The molecule has 4 aromatic rings. The predicted octanol–water partition coefficient (Wildman–Crippen LogP) is 7.36. The van der Waals surface area contributed by atoms with Gasteiger partial charge < -0.3 is 20.1 Å². The van der Waals surface area contributed by atoms with Gasteiger partial charge in [0.15, 0.2) is 0 Å². The molecule has 7 heteroatoms. The Labute approximate surface area is 221 Å². The van der Waals surface area contributed by atoms with Gasteiger partial charge in [0.25, 0.3) is 0 Å². The minimum Gasteiger partial charge on any atom is -0.497 e. The summed E-state index contributed by atoms with van der Waals surface area (Å²) in [4.78, 5) is 14.7. The van der Waals surface area contributed by atoms with E-state index in [-0.39, 0.29) is 12.1 Å². The number of likely N-dealkylation sites (N-methyl/N-ethyl adjacent to an activating group) is 1. The van der Waals surface area contributed by atoms with Gasteiger partial charge in [-0.3, -0.25) is 4.90 Å². The van der Waals surface area contributed by atoms with Crippen LogP contribution in [-0.2, 0) is 6.42 Å². The van der Waals surface area contributed by atoms with Gasteiger partial charge in [-0.05, 0) is 103 Å². The van der Waals surface area contributed by atoms with E-state index in [1.54, 1.807) is 31.4 Å². The zero-order valence-corrected chi connectivity index (χ0v) is 21.5. The van der Waals surface area contributed by atoms with E-state index in [0.29, 0.717) is 17.1 Å². The van der Waals surface area contributed by atoms with Crippen LogP contribution in [0, 0.1) is 0 Å². The molecule has 5 rings (SSSR count). The summed E-state index contributed by atoms with van der Waals surface area (Å²) in [7, 11) is 3.75. The molecule has 0 radical (unpaired) electrons. The number of hydrogen-bond acceptors (Lipinski definition) is 4. The molecular formula is C30H28ClN3O3. The number of carbonyl (C=O) groups is 1. The van der Waals surface area contributed by atoms with Crippen molar-refractivity contribution in [3.63, 3.8) is 0 Å². The van der Waals surface area contributed by atoms with Crippen molar-refractivity contribution in [2.45, 2.75) is 12.5 Å². The fourth-order valence-electron chi connectivity index (χ4n) is 4.58. The molecule has 37 heavy (non-hydrogen) atoms. The molecule has 0 spiro atoms. The molecule has 2 N–H and O–H groups in total. The highest BCUT2D eigenvalue weighted by Crippen LogP contribution is 2.37. The van der Waals surface area contributed by atoms with Crippen molar-refractivity contribution in [2.24, 2.45) is 0 Å². The van der Waals surface area contributed by atoms with Crippen molar-refractivity contribution in [2.75, 3.05) is 31.3 Å². The second kappa shape index (κ2) is 10.9. The summed E-state index contributed by atoms with van der Waals surface area (Å²) in [5.74, 6) is 2.22. The van der Waals surface area contributed by atoms with Crippen molar-refractivity contribution in [3.05, 3.63) is 113 Å². The van der Waals surface area contributed by atoms with Crippen LogP contribution >= 0.6 is 11.6 Å². The number of amides is 2. The van der Waals surface area contributed by atoms with Crippen LogP contribution in [-0.4, -0.2) is 31.6 Å². The van der Waals surface area contributed by atoms with Crippen LogP contribution in [0.5, 0.6) is 17.2 Å². The van der Waals surface area contributed by atoms with Crippen molar-refractivity contribution >= 4 is 29.0 Å². The molecule has 0 bridgehead atoms. The molecule has 6 nitrogen and oxygen atoms in total. The molecule has 2 amide bonds. The van der Waals surface area contributed by atoms with Crippen molar-refractivity contribution in [1.82, 2.24) is 4.90 Å². The van der Waals surface area contributed by atoms with E-state index in [4.69, 9.17) is 21.1 Å². The number of rotatable bonds is 6. The van der Waals surface area contributed by atoms with E-state index < -0.39 is 0 Å². The summed E-state index contributed by atoms with van der Waals surface area (Å²) in [5, 5.41) is 6.37. The molecule has 1 atom stereocenters. The second-order valence-electron chi connectivity index (χ2n) is 8.98. The van der Waals surface area contributed by atoms with Crippen LogP contribution in [0.15, 0.2) is 91.0 Å². The van der Waals surface area contributed by atoms with E-state index >= 15 is 0 Å². The van der Waals surface area contributed by atoms with E-state index in [0.717, 1.165) is 29.5 Å². The number of carbonyl (C=O) groups excluding carboxylic acids is 1. The number of methoxy groups -OCH3 is 1. The first-order chi connectivity index (χ1) is 18.0. The van der Waals surface area contributed by atoms with Gasteiger partial charge >= 0.3 is 6.03 Å². The lowest BCUT2D eigenvalue weighted by atomic mass is 9.88. The van der Waals surface area contributed by atoms with Crippen LogP contribution in [0.25, 0.3) is 0 Å². The molecule has 0 fully saturated rings. The maximum absolute atomic E-state index is 12.3. The second-order valence-corrected chi connectivity index (χ2v) is 9.42. The number of nitrogens with one attached hydrogen (secondary N) is 2. The normalized spacial score (nSPS) is 14.9. The maximum Gasteiger partial charge on any atom is 0.323 e. The Morgan fingerprint density at radius 2 is 1.43 bits per heavy atom. The zero-order chi connectivity index (χ0) is 25.8. The molecule has 1 aliphatic rings. The Kier molecular flexibility index (Phi) is 7.30. The first-order valence-electron chi connectivity index (χ1n) is 12.1. The first kappa shape index (κ1) is 24.7. The molecule has 4 aromatic carbocycles. The van der Waals surface area contributed by atoms with Crippen LogP contribution in [0.4, 0.5) is 16.2 Å². The highest BCUT2D eigenvalue weighted by atomic mass is 35.5. The summed E-state index contributed by atoms with van der Waals surface area (Å²) in [6.07, 6.45) is 0.958. The number of benzene rings is 4. The van der Waals surface area contributed by atoms with Crippen molar-refractivity contribution in [1.29, 1.82) is 0 Å². The molecule has 0 saturated heterocycles. The Balaban J connectivity index is 1.23. The average Bonchev–Trinajstić information content (AvgIpc) is 2.91. The highest BCUT2D eigenvalue weighted by molar-refractivity contribution is 6.30. The molecular weight excluding hydrogens is 486 g/mol. The topological polar surface area (TPSA) is 62.8 Å². The van der Waals surface area contributed by atoms with E-state index in [2.05, 4.69) is 46.8 Å². The Morgan fingerprint density at radius 3 is 2.05 bits per heavy atom. The van der Waals surface area contributed by atoms with Gasteiger partial charge in [-0.2, -0.15) is 0 Å². The summed E-state index contributed by atoms with van der Waals surface area (Å²) in [6, 6.07) is 28.7. The number of urea groups is 1. The predicted molar refractivity (Wildman–Crippen MR) is 148 cm³/mol. The summed E-state index contributed by atoms with van der Waals surface area (Å²) < 4.78 is 11.3. The summed E-state index contributed by atoms with van der Waals surface area (Å²) >= 11 is 6.10. The third-order valence-corrected chi connectivity index (χ3v) is 6.72. The van der Waals surface area contributed by atoms with Crippen LogP contribution < -0.4 is 20.1 Å². The van der Waals surface area contributed by atoms with Crippen molar-refractivity contribution < 1.29 is 14.3 Å². The lowest BCUT2D eigenvalue weighted by molar-refractivity contribution is 0.262. The lowest BCUT2D eigenvalue weighted by Crippen LogP contribution is -2.32. The van der Waals surface area contributed by atoms with Crippen LogP contribution in [0.1, 0.15) is 22.7 Å². The molecule has 1 heterocycles. The molecule has 1 unspecified atom stereocenters. The van der Waals surface area contributed by atoms with Gasteiger partial charge in [0.05, 0.1) is 13.2 Å². The van der Waals surface area contributed by atoms with E-state index in [1.807, 2.05) is 42.5 Å². The largest absolute Gasteiger partial charge is 0.497 e. The van der Waals surface area contributed by atoms with E-state index in [9.17, 15) is 4.79 Å². The first-order valence-corrected chi connectivity index (χ1v) is 12.4. The van der Waals surface area contributed by atoms with Gasteiger partial charge in [0.2, 0.25) is 0 Å². The minimum atomic E-state index is -0.325. The number of ether oxygens (including phenoxy) is 2. The third-order valence-electron chi connectivity index (χ3n) is 6.47. The maximum atomic E-state index is 12.3. The van der Waals surface area contributed by atoms with Gasteiger partial charge in [-0.15, -0.1) is 0 Å². The molecule has 0 aliphatic carbocycles. The molecule has 0 aromatic heterocycles. The highest BCUT2D eigenvalue weighted by Gasteiger charge is 2.26. The average molecular weight is 514 g/mol. The van der Waals surface area contributed by atoms with Gasteiger partial charge in [-0.25, -0.2) is 4.79 Å². The van der Waals surface area contributed by atoms with Crippen molar-refractivity contribution in [3.8, 4) is 17.2 Å². The quantitative estimate of drug-likeness (QED) is 0.282. The van der Waals surface area contributed by atoms with E-state index in [1.165, 1.54) is 16.7 Å². The number of halogens is 1. The van der Waals surface area contributed by atoms with Crippen LogP contribution in [0.3, 0.4) is 0 Å².